The quantitative estimate of drug-likeness (QED) is 0.740. The van der Waals surface area contributed by atoms with Crippen molar-refractivity contribution in [2.45, 2.75) is 45.1 Å². The highest BCUT2D eigenvalue weighted by Crippen LogP contribution is 2.17. The van der Waals surface area contributed by atoms with Gasteiger partial charge >= 0.3 is 5.97 Å². The maximum absolute atomic E-state index is 12.0. The van der Waals surface area contributed by atoms with Crippen molar-refractivity contribution in [3.05, 3.63) is 0 Å². The highest BCUT2D eigenvalue weighted by atomic mass is 16.4. The lowest BCUT2D eigenvalue weighted by Gasteiger charge is -2.28. The van der Waals surface area contributed by atoms with E-state index in [0.29, 0.717) is 19.4 Å². The summed E-state index contributed by atoms with van der Waals surface area (Å²) in [6.45, 7) is 2.51. The summed E-state index contributed by atoms with van der Waals surface area (Å²) in [5, 5.41) is 11.6. The number of piperidine rings is 1. The van der Waals surface area contributed by atoms with Crippen molar-refractivity contribution in [2.75, 3.05) is 13.6 Å². The first-order valence-corrected chi connectivity index (χ1v) is 6.72. The van der Waals surface area contributed by atoms with Crippen LogP contribution < -0.4 is 5.32 Å². The molecule has 0 aliphatic carbocycles. The number of carbonyl (C=O) groups excluding carboxylic acids is 2. The molecule has 0 aromatic heterocycles. The number of hydrogen-bond donors (Lipinski definition) is 2. The highest BCUT2D eigenvalue weighted by molar-refractivity contribution is 5.89. The molecule has 2 amide bonds. The Labute approximate surface area is 113 Å². The lowest BCUT2D eigenvalue weighted by atomic mass is 9.95. The first kappa shape index (κ1) is 15.5. The Hall–Kier alpha value is -1.59. The van der Waals surface area contributed by atoms with E-state index in [-0.39, 0.29) is 18.2 Å². The van der Waals surface area contributed by atoms with Crippen molar-refractivity contribution >= 4 is 17.8 Å². The molecule has 0 aromatic carbocycles. The molecule has 19 heavy (non-hydrogen) atoms. The Morgan fingerprint density at radius 3 is 2.74 bits per heavy atom. The third kappa shape index (κ3) is 4.54. The molecule has 108 valence electrons. The third-order valence-corrected chi connectivity index (χ3v) is 3.49. The molecule has 0 saturated carbocycles. The molecular weight excluding hydrogens is 248 g/mol. The maximum Gasteiger partial charge on any atom is 0.326 e. The van der Waals surface area contributed by atoms with Gasteiger partial charge in [-0.25, -0.2) is 4.79 Å². The summed E-state index contributed by atoms with van der Waals surface area (Å²) >= 11 is 0. The van der Waals surface area contributed by atoms with Crippen LogP contribution in [0.3, 0.4) is 0 Å². The molecule has 1 aliphatic heterocycles. The molecule has 2 unspecified atom stereocenters. The number of carboxylic acid groups (broad SMARTS) is 1. The minimum atomic E-state index is -1.01. The average Bonchev–Trinajstić information content (AvgIpc) is 2.37. The van der Waals surface area contributed by atoms with Gasteiger partial charge in [0.2, 0.25) is 11.8 Å². The van der Waals surface area contributed by atoms with Crippen molar-refractivity contribution in [2.24, 2.45) is 5.92 Å². The zero-order valence-corrected chi connectivity index (χ0v) is 11.5. The number of carboxylic acids is 1. The van der Waals surface area contributed by atoms with E-state index < -0.39 is 17.9 Å². The van der Waals surface area contributed by atoms with Crippen molar-refractivity contribution < 1.29 is 19.5 Å². The molecule has 1 fully saturated rings. The molecule has 6 heteroatoms. The Bertz CT molecular complexity index is 357. The standard InChI is InChI=1S/C13H22N2O4/c1-3-4-5-10(13(18)19)14-12(17)9-6-7-15(2)11(16)8-9/h9-10H,3-8H2,1-2H3,(H,14,17)(H,18,19). The molecule has 1 aliphatic rings. The van der Waals surface area contributed by atoms with E-state index in [1.165, 1.54) is 0 Å². The van der Waals surface area contributed by atoms with E-state index in [9.17, 15) is 14.4 Å². The van der Waals surface area contributed by atoms with Gasteiger partial charge in [-0.15, -0.1) is 0 Å². The van der Waals surface area contributed by atoms with Gasteiger partial charge in [0.25, 0.3) is 0 Å². The Morgan fingerprint density at radius 1 is 1.53 bits per heavy atom. The molecule has 0 spiro atoms. The number of hydrogen-bond acceptors (Lipinski definition) is 3. The van der Waals surface area contributed by atoms with Crippen molar-refractivity contribution in [1.82, 2.24) is 10.2 Å². The SMILES string of the molecule is CCCCC(NC(=O)C1CCN(C)C(=O)C1)C(=O)O. The number of amides is 2. The maximum atomic E-state index is 12.0. The fraction of sp³-hybridized carbons (Fsp3) is 0.769. The van der Waals surface area contributed by atoms with Crippen LogP contribution in [0.25, 0.3) is 0 Å². The van der Waals surface area contributed by atoms with E-state index in [1.807, 2.05) is 6.92 Å². The van der Waals surface area contributed by atoms with Gasteiger partial charge < -0.3 is 15.3 Å². The minimum absolute atomic E-state index is 0.0631. The highest BCUT2D eigenvalue weighted by Gasteiger charge is 2.30. The second-order valence-corrected chi connectivity index (χ2v) is 5.05. The van der Waals surface area contributed by atoms with Crippen molar-refractivity contribution in [1.29, 1.82) is 0 Å². The smallest absolute Gasteiger partial charge is 0.326 e. The van der Waals surface area contributed by atoms with Crippen molar-refractivity contribution in [3.8, 4) is 0 Å². The molecule has 2 atom stereocenters. The van der Waals surface area contributed by atoms with Crippen LogP contribution in [0.15, 0.2) is 0 Å². The second kappa shape index (κ2) is 7.11. The number of likely N-dealkylation sites (tertiary alicyclic amines) is 1. The summed E-state index contributed by atoms with van der Waals surface area (Å²) in [6, 6.07) is -0.845. The summed E-state index contributed by atoms with van der Waals surface area (Å²) in [5.74, 6) is -1.79. The summed E-state index contributed by atoms with van der Waals surface area (Å²) in [6.07, 6.45) is 2.82. The molecule has 0 radical (unpaired) electrons. The van der Waals surface area contributed by atoms with E-state index in [0.717, 1.165) is 12.8 Å². The van der Waals surface area contributed by atoms with E-state index in [1.54, 1.807) is 11.9 Å². The normalized spacial score (nSPS) is 21.1. The minimum Gasteiger partial charge on any atom is -0.480 e. The number of carbonyl (C=O) groups is 3. The Morgan fingerprint density at radius 2 is 2.21 bits per heavy atom. The first-order valence-electron chi connectivity index (χ1n) is 6.72. The predicted molar refractivity (Wildman–Crippen MR) is 69.5 cm³/mol. The van der Waals surface area contributed by atoms with Crippen LogP contribution >= 0.6 is 0 Å². The number of nitrogens with zero attached hydrogens (tertiary/aromatic N) is 1. The van der Waals surface area contributed by atoms with E-state index in [2.05, 4.69) is 5.32 Å². The van der Waals surface area contributed by atoms with Crippen LogP contribution in [0.2, 0.25) is 0 Å². The number of rotatable bonds is 6. The van der Waals surface area contributed by atoms with Gasteiger partial charge in [0.05, 0.1) is 0 Å². The zero-order chi connectivity index (χ0) is 14.4. The molecule has 1 rings (SSSR count). The molecular formula is C13H22N2O4. The molecule has 0 bridgehead atoms. The van der Waals surface area contributed by atoms with Crippen LogP contribution in [0.1, 0.15) is 39.0 Å². The van der Waals surface area contributed by atoms with Gasteiger partial charge in [-0.2, -0.15) is 0 Å². The summed E-state index contributed by atoms with van der Waals surface area (Å²) in [4.78, 5) is 36.2. The predicted octanol–water partition coefficient (Wildman–Crippen LogP) is 0.614. The van der Waals surface area contributed by atoms with Crippen LogP contribution in [-0.2, 0) is 14.4 Å². The molecule has 6 nitrogen and oxygen atoms in total. The van der Waals surface area contributed by atoms with Gasteiger partial charge in [0, 0.05) is 25.9 Å². The average molecular weight is 270 g/mol. The Balaban J connectivity index is 2.52. The van der Waals surface area contributed by atoms with E-state index in [4.69, 9.17) is 5.11 Å². The van der Waals surface area contributed by atoms with Crippen LogP contribution in [0.4, 0.5) is 0 Å². The topological polar surface area (TPSA) is 86.7 Å². The fourth-order valence-corrected chi connectivity index (χ4v) is 2.12. The molecule has 1 saturated heterocycles. The van der Waals surface area contributed by atoms with Gasteiger partial charge in [0.1, 0.15) is 6.04 Å². The van der Waals surface area contributed by atoms with Crippen LogP contribution in [0, 0.1) is 5.92 Å². The van der Waals surface area contributed by atoms with Gasteiger partial charge in [-0.1, -0.05) is 19.8 Å². The summed E-state index contributed by atoms with van der Waals surface area (Å²) < 4.78 is 0. The zero-order valence-electron chi connectivity index (χ0n) is 11.5. The van der Waals surface area contributed by atoms with E-state index >= 15 is 0 Å². The largest absolute Gasteiger partial charge is 0.480 e. The van der Waals surface area contributed by atoms with Crippen molar-refractivity contribution in [3.63, 3.8) is 0 Å². The second-order valence-electron chi connectivity index (χ2n) is 5.05. The molecule has 1 heterocycles. The molecule has 0 aromatic rings. The summed E-state index contributed by atoms with van der Waals surface area (Å²) in [5.41, 5.74) is 0. The third-order valence-electron chi connectivity index (χ3n) is 3.49. The number of nitrogens with one attached hydrogen (secondary N) is 1. The lowest BCUT2D eigenvalue weighted by molar-refractivity contribution is -0.144. The summed E-state index contributed by atoms with van der Waals surface area (Å²) in [7, 11) is 1.71. The van der Waals surface area contributed by atoms with Crippen LogP contribution in [-0.4, -0.2) is 47.4 Å². The lowest BCUT2D eigenvalue weighted by Crippen LogP contribution is -2.47. The first-order chi connectivity index (χ1) is 8.95. The number of aliphatic carboxylic acids is 1. The molecule has 2 N–H and O–H groups in total. The fourth-order valence-electron chi connectivity index (χ4n) is 2.12. The van der Waals surface area contributed by atoms with Crippen LogP contribution in [0.5, 0.6) is 0 Å². The Kier molecular flexibility index (Phi) is 5.79. The monoisotopic (exact) mass is 270 g/mol. The van der Waals surface area contributed by atoms with Gasteiger partial charge in [0.15, 0.2) is 0 Å². The number of unbranched alkanes of at least 4 members (excludes halogenated alkanes) is 1. The van der Waals surface area contributed by atoms with Gasteiger partial charge in [-0.05, 0) is 12.8 Å². The van der Waals surface area contributed by atoms with Gasteiger partial charge in [-0.3, -0.25) is 9.59 Å².